The van der Waals surface area contributed by atoms with Crippen molar-refractivity contribution in [3.05, 3.63) is 61.4 Å². The Kier molecular flexibility index (Phi) is 5.72. The average Bonchev–Trinajstić information content (AvgIpc) is 3.48. The zero-order valence-corrected chi connectivity index (χ0v) is 18.9. The molecule has 9 heteroatoms. The molecule has 0 bridgehead atoms. The number of fused-ring (bicyclic) bond motifs is 1. The summed E-state index contributed by atoms with van der Waals surface area (Å²) in [6.45, 7) is 4.35. The number of benzene rings is 1. The van der Waals surface area contributed by atoms with Crippen LogP contribution in [-0.4, -0.2) is 42.9 Å². The molecule has 0 saturated heterocycles. The normalized spacial score (nSPS) is 16.5. The van der Waals surface area contributed by atoms with Crippen LogP contribution in [0.3, 0.4) is 0 Å². The Morgan fingerprint density at radius 3 is 2.76 bits per heavy atom. The molecule has 33 heavy (non-hydrogen) atoms. The van der Waals surface area contributed by atoms with E-state index in [-0.39, 0.29) is 17.6 Å². The number of aromatic nitrogens is 4. The van der Waals surface area contributed by atoms with E-state index in [4.69, 9.17) is 0 Å². The predicted octanol–water partition coefficient (Wildman–Crippen LogP) is 3.92. The molecule has 168 valence electrons. The molecule has 3 heterocycles. The van der Waals surface area contributed by atoms with Crippen LogP contribution < -0.4 is 10.2 Å². The van der Waals surface area contributed by atoms with Gasteiger partial charge in [0.05, 0.1) is 17.1 Å². The second-order valence-corrected chi connectivity index (χ2v) is 9.12. The number of nitrogens with one attached hydrogen (secondary N) is 1. The summed E-state index contributed by atoms with van der Waals surface area (Å²) in [6.07, 6.45) is 8.40. The Bertz CT molecular complexity index is 1200. The minimum absolute atomic E-state index is 0.0919. The smallest absolute Gasteiger partial charge is 0.250 e. The van der Waals surface area contributed by atoms with Gasteiger partial charge in [-0.3, -0.25) is 24.0 Å². The molecule has 1 spiro atoms. The van der Waals surface area contributed by atoms with Crippen molar-refractivity contribution < 1.29 is 9.59 Å². The van der Waals surface area contributed by atoms with Gasteiger partial charge in [-0.25, -0.2) is 0 Å². The summed E-state index contributed by atoms with van der Waals surface area (Å²) in [4.78, 5) is 32.6. The molecular weight excluding hydrogens is 436 g/mol. The molecule has 1 aliphatic heterocycles. The number of carbonyl (C=O) groups is 2. The van der Waals surface area contributed by atoms with Crippen LogP contribution in [0.1, 0.15) is 25.7 Å². The van der Waals surface area contributed by atoms with Gasteiger partial charge in [0.25, 0.3) is 5.91 Å². The number of hydrogen-bond acceptors (Lipinski definition) is 6. The minimum Gasteiger partial charge on any atom is -0.322 e. The summed E-state index contributed by atoms with van der Waals surface area (Å²) in [7, 11) is 0. The molecule has 1 aliphatic carbocycles. The highest BCUT2D eigenvalue weighted by Gasteiger charge is 2.52. The van der Waals surface area contributed by atoms with Crippen molar-refractivity contribution in [2.45, 2.75) is 42.9 Å². The van der Waals surface area contributed by atoms with Crippen LogP contribution in [0.4, 0.5) is 11.4 Å². The molecule has 1 aromatic carbocycles. The van der Waals surface area contributed by atoms with E-state index in [9.17, 15) is 9.59 Å². The molecule has 0 radical (unpaired) electrons. The fraction of sp³-hybridized carbons (Fsp3) is 0.292. The molecule has 8 nitrogen and oxygen atoms in total. The first kappa shape index (κ1) is 21.4. The summed E-state index contributed by atoms with van der Waals surface area (Å²) in [5.41, 5.74) is 1.46. The van der Waals surface area contributed by atoms with Gasteiger partial charge in [0.1, 0.15) is 5.54 Å². The number of amides is 2. The molecular formula is C24H24N6O2S. The van der Waals surface area contributed by atoms with Gasteiger partial charge in [-0.05, 0) is 37.1 Å². The van der Waals surface area contributed by atoms with Crippen molar-refractivity contribution in [2.75, 3.05) is 16.0 Å². The second kappa shape index (κ2) is 8.82. The molecule has 5 rings (SSSR count). The maximum atomic E-state index is 13.6. The van der Waals surface area contributed by atoms with Crippen molar-refractivity contribution >= 4 is 35.0 Å². The van der Waals surface area contributed by atoms with Gasteiger partial charge in [0, 0.05) is 24.5 Å². The molecule has 1 N–H and O–H groups in total. The van der Waals surface area contributed by atoms with Gasteiger partial charge in [-0.1, -0.05) is 42.8 Å². The summed E-state index contributed by atoms with van der Waals surface area (Å²) < 4.78 is 1.92. The maximum absolute atomic E-state index is 13.6. The first-order valence-corrected chi connectivity index (χ1v) is 11.9. The lowest BCUT2D eigenvalue weighted by atomic mass is 9.90. The standard InChI is InChI=1S/C24H24N6O2S/c1-2-14-29-21(17-8-7-13-25-15-17)27-28-23(29)33-16-20(31)30-19-10-4-3-9-18(19)26-22(32)24(30)11-5-6-12-24/h2-4,7-10,13,15H,1,5-6,11-12,14,16H2,(H,26,32). The number of rotatable bonds is 6. The lowest BCUT2D eigenvalue weighted by molar-refractivity contribution is -0.126. The fourth-order valence-electron chi connectivity index (χ4n) is 4.72. The van der Waals surface area contributed by atoms with Crippen LogP contribution in [0.15, 0.2) is 66.6 Å². The summed E-state index contributed by atoms with van der Waals surface area (Å²) in [5.74, 6) is 0.616. The first-order chi connectivity index (χ1) is 16.1. The topological polar surface area (TPSA) is 93.0 Å². The van der Waals surface area contributed by atoms with Gasteiger partial charge in [0.15, 0.2) is 11.0 Å². The third kappa shape index (κ3) is 3.72. The molecule has 0 unspecified atom stereocenters. The number of pyridine rings is 1. The van der Waals surface area contributed by atoms with Crippen molar-refractivity contribution in [3.8, 4) is 11.4 Å². The first-order valence-electron chi connectivity index (χ1n) is 10.9. The van der Waals surface area contributed by atoms with Crippen LogP contribution in [0.5, 0.6) is 0 Å². The van der Waals surface area contributed by atoms with E-state index in [0.29, 0.717) is 36.1 Å². The van der Waals surface area contributed by atoms with Crippen molar-refractivity contribution in [1.82, 2.24) is 19.7 Å². The zero-order chi connectivity index (χ0) is 22.8. The van der Waals surface area contributed by atoms with Crippen molar-refractivity contribution in [3.63, 3.8) is 0 Å². The van der Waals surface area contributed by atoms with Crippen LogP contribution in [0, 0.1) is 0 Å². The SMILES string of the molecule is C=CCn1c(SCC(=O)N2c3ccccc3NC(=O)C23CCCC3)nnc1-c1cccnc1. The number of thioether (sulfide) groups is 1. The van der Waals surface area contributed by atoms with E-state index < -0.39 is 5.54 Å². The summed E-state index contributed by atoms with van der Waals surface area (Å²) in [5, 5.41) is 12.3. The highest BCUT2D eigenvalue weighted by molar-refractivity contribution is 7.99. The Hall–Kier alpha value is -3.46. The maximum Gasteiger partial charge on any atom is 0.250 e. The van der Waals surface area contributed by atoms with Gasteiger partial charge in [0.2, 0.25) is 5.91 Å². The Labute approximate surface area is 196 Å². The van der Waals surface area contributed by atoms with E-state index in [1.54, 1.807) is 23.4 Å². The van der Waals surface area contributed by atoms with Crippen LogP contribution >= 0.6 is 11.8 Å². The van der Waals surface area contributed by atoms with Gasteiger partial charge in [-0.2, -0.15) is 0 Å². The Balaban J connectivity index is 1.44. The van der Waals surface area contributed by atoms with Crippen LogP contribution in [0.2, 0.25) is 0 Å². The fourth-order valence-corrected chi connectivity index (χ4v) is 5.51. The summed E-state index contributed by atoms with van der Waals surface area (Å²) in [6, 6.07) is 11.3. The number of carbonyl (C=O) groups excluding carboxylic acids is 2. The largest absolute Gasteiger partial charge is 0.322 e. The third-order valence-electron chi connectivity index (χ3n) is 6.20. The lowest BCUT2D eigenvalue weighted by Crippen LogP contribution is -2.61. The number of para-hydroxylation sites is 2. The number of allylic oxidation sites excluding steroid dienone is 1. The molecule has 0 atom stereocenters. The van der Waals surface area contributed by atoms with Crippen LogP contribution in [-0.2, 0) is 16.1 Å². The molecule has 3 aromatic rings. The van der Waals surface area contributed by atoms with E-state index in [0.717, 1.165) is 24.1 Å². The number of nitrogens with zero attached hydrogens (tertiary/aromatic N) is 5. The molecule has 2 aromatic heterocycles. The molecule has 2 aliphatic rings. The Morgan fingerprint density at radius 2 is 2.00 bits per heavy atom. The van der Waals surface area contributed by atoms with Crippen molar-refractivity contribution in [2.24, 2.45) is 0 Å². The zero-order valence-electron chi connectivity index (χ0n) is 18.1. The predicted molar refractivity (Wildman–Crippen MR) is 128 cm³/mol. The van der Waals surface area contributed by atoms with Crippen molar-refractivity contribution in [1.29, 1.82) is 0 Å². The highest BCUT2D eigenvalue weighted by atomic mass is 32.2. The highest BCUT2D eigenvalue weighted by Crippen LogP contribution is 2.45. The quantitative estimate of drug-likeness (QED) is 0.443. The minimum atomic E-state index is -0.818. The van der Waals surface area contributed by atoms with Gasteiger partial charge >= 0.3 is 0 Å². The monoisotopic (exact) mass is 460 g/mol. The second-order valence-electron chi connectivity index (χ2n) is 8.17. The number of anilines is 2. The number of hydrogen-bond donors (Lipinski definition) is 1. The van der Waals surface area contributed by atoms with Gasteiger partial charge in [-0.15, -0.1) is 16.8 Å². The van der Waals surface area contributed by atoms with E-state index in [1.165, 1.54) is 11.8 Å². The van der Waals surface area contributed by atoms with E-state index >= 15 is 0 Å². The molecule has 2 amide bonds. The summed E-state index contributed by atoms with van der Waals surface area (Å²) >= 11 is 1.32. The van der Waals surface area contributed by atoms with E-state index in [2.05, 4.69) is 27.1 Å². The molecule has 1 fully saturated rings. The third-order valence-corrected chi connectivity index (χ3v) is 7.15. The van der Waals surface area contributed by atoms with Gasteiger partial charge < -0.3 is 5.32 Å². The Morgan fingerprint density at radius 1 is 1.18 bits per heavy atom. The van der Waals surface area contributed by atoms with E-state index in [1.807, 2.05) is 41.0 Å². The molecule has 1 saturated carbocycles. The lowest BCUT2D eigenvalue weighted by Gasteiger charge is -2.44. The average molecular weight is 461 g/mol. The van der Waals surface area contributed by atoms with Crippen LogP contribution in [0.25, 0.3) is 11.4 Å².